The summed E-state index contributed by atoms with van der Waals surface area (Å²) < 4.78 is 0. The Labute approximate surface area is 131 Å². The maximum absolute atomic E-state index is 12.6. The molecule has 0 atom stereocenters. The predicted molar refractivity (Wildman–Crippen MR) is 84.1 cm³/mol. The summed E-state index contributed by atoms with van der Waals surface area (Å²) in [5, 5.41) is 10.3. The molecule has 4 nitrogen and oxygen atoms in total. The Kier molecular flexibility index (Phi) is 4.04. The lowest BCUT2D eigenvalue weighted by Gasteiger charge is -2.37. The van der Waals surface area contributed by atoms with Gasteiger partial charge in [-0.3, -0.25) is 9.59 Å². The lowest BCUT2D eigenvalue weighted by molar-refractivity contribution is -0.0193. The van der Waals surface area contributed by atoms with Crippen LogP contribution in [0.3, 0.4) is 0 Å². The molecule has 1 aromatic rings. The number of amides is 1. The van der Waals surface area contributed by atoms with E-state index < -0.39 is 5.60 Å². The summed E-state index contributed by atoms with van der Waals surface area (Å²) >= 11 is 0. The number of piperidine rings is 1. The van der Waals surface area contributed by atoms with Crippen LogP contribution in [0.5, 0.6) is 0 Å². The first-order valence-corrected chi connectivity index (χ1v) is 8.20. The molecule has 0 saturated carbocycles. The van der Waals surface area contributed by atoms with E-state index >= 15 is 0 Å². The number of hydrogen-bond acceptors (Lipinski definition) is 3. The Hall–Kier alpha value is -1.68. The Morgan fingerprint density at radius 1 is 1.27 bits per heavy atom. The van der Waals surface area contributed by atoms with Gasteiger partial charge in [0.1, 0.15) is 0 Å². The fourth-order valence-corrected chi connectivity index (χ4v) is 3.44. The number of carbonyl (C=O) groups excluding carboxylic acids is 2. The normalized spacial score (nSPS) is 20.6. The van der Waals surface area contributed by atoms with Crippen LogP contribution in [0.4, 0.5) is 0 Å². The number of benzene rings is 1. The average Bonchev–Trinajstić information content (AvgIpc) is 2.55. The van der Waals surface area contributed by atoms with Gasteiger partial charge < -0.3 is 10.0 Å². The van der Waals surface area contributed by atoms with Crippen molar-refractivity contribution in [3.63, 3.8) is 0 Å². The lowest BCUT2D eigenvalue weighted by Crippen LogP contribution is -2.46. The number of rotatable bonds is 2. The fourth-order valence-electron chi connectivity index (χ4n) is 3.44. The molecule has 3 rings (SSSR count). The second-order valence-corrected chi connectivity index (χ2v) is 6.52. The molecule has 0 spiro atoms. The van der Waals surface area contributed by atoms with Crippen LogP contribution in [-0.2, 0) is 6.42 Å². The van der Waals surface area contributed by atoms with Gasteiger partial charge >= 0.3 is 0 Å². The van der Waals surface area contributed by atoms with E-state index in [4.69, 9.17) is 0 Å². The van der Waals surface area contributed by atoms with Crippen LogP contribution in [0, 0.1) is 0 Å². The predicted octanol–water partition coefficient (Wildman–Crippen LogP) is 2.58. The SMILES string of the molecule is CCC1(O)CCN(C(=O)c2ccc3c(c2)CCCC3=O)CC1. The van der Waals surface area contributed by atoms with Crippen molar-refractivity contribution in [3.8, 4) is 0 Å². The maximum Gasteiger partial charge on any atom is 0.253 e. The van der Waals surface area contributed by atoms with E-state index in [1.165, 1.54) is 0 Å². The van der Waals surface area contributed by atoms with Gasteiger partial charge in [-0.2, -0.15) is 0 Å². The van der Waals surface area contributed by atoms with E-state index in [1.54, 1.807) is 12.1 Å². The summed E-state index contributed by atoms with van der Waals surface area (Å²) in [4.78, 5) is 26.3. The third-order valence-corrected chi connectivity index (χ3v) is 5.14. The Bertz CT molecular complexity index is 600. The molecule has 118 valence electrons. The number of likely N-dealkylation sites (tertiary alicyclic amines) is 1. The van der Waals surface area contributed by atoms with Crippen LogP contribution in [0.1, 0.15) is 65.3 Å². The summed E-state index contributed by atoms with van der Waals surface area (Å²) in [7, 11) is 0. The average molecular weight is 301 g/mol. The second kappa shape index (κ2) is 5.84. The minimum absolute atomic E-state index is 0.0129. The molecule has 4 heteroatoms. The van der Waals surface area contributed by atoms with E-state index in [0.29, 0.717) is 37.9 Å². The molecule has 0 bridgehead atoms. The molecule has 1 aliphatic carbocycles. The van der Waals surface area contributed by atoms with Crippen LogP contribution in [0.2, 0.25) is 0 Å². The number of hydrogen-bond donors (Lipinski definition) is 1. The van der Waals surface area contributed by atoms with Crippen LogP contribution >= 0.6 is 0 Å². The third kappa shape index (κ3) is 2.80. The summed E-state index contributed by atoms with van der Waals surface area (Å²) in [6, 6.07) is 5.46. The first kappa shape index (κ1) is 15.2. The van der Waals surface area contributed by atoms with Crippen molar-refractivity contribution in [2.45, 2.75) is 51.0 Å². The van der Waals surface area contributed by atoms with Crippen molar-refractivity contribution in [3.05, 3.63) is 34.9 Å². The van der Waals surface area contributed by atoms with Crippen LogP contribution in [0.15, 0.2) is 18.2 Å². The van der Waals surface area contributed by atoms with Crippen molar-refractivity contribution < 1.29 is 14.7 Å². The lowest BCUT2D eigenvalue weighted by atomic mass is 9.87. The number of carbonyl (C=O) groups is 2. The highest BCUT2D eigenvalue weighted by Crippen LogP contribution is 2.27. The van der Waals surface area contributed by atoms with Gasteiger partial charge in [0.05, 0.1) is 5.60 Å². The number of fused-ring (bicyclic) bond motifs is 1. The van der Waals surface area contributed by atoms with Crippen LogP contribution in [-0.4, -0.2) is 40.4 Å². The van der Waals surface area contributed by atoms with Gasteiger partial charge in [-0.15, -0.1) is 0 Å². The summed E-state index contributed by atoms with van der Waals surface area (Å²) in [5.74, 6) is 0.199. The highest BCUT2D eigenvalue weighted by molar-refractivity contribution is 6.01. The molecule has 0 radical (unpaired) electrons. The Morgan fingerprint density at radius 2 is 2.00 bits per heavy atom. The number of aryl methyl sites for hydroxylation is 1. The van der Waals surface area contributed by atoms with Gasteiger partial charge in [0.25, 0.3) is 5.91 Å². The summed E-state index contributed by atoms with van der Waals surface area (Å²) in [6.45, 7) is 3.18. The molecule has 1 heterocycles. The highest BCUT2D eigenvalue weighted by atomic mass is 16.3. The molecular weight excluding hydrogens is 278 g/mol. The largest absolute Gasteiger partial charge is 0.390 e. The van der Waals surface area contributed by atoms with E-state index in [2.05, 4.69) is 0 Å². The van der Waals surface area contributed by atoms with Gasteiger partial charge in [-0.25, -0.2) is 0 Å². The van der Waals surface area contributed by atoms with Gasteiger partial charge in [-0.1, -0.05) is 13.0 Å². The number of Topliss-reactive ketones (excluding diaryl/α,β-unsaturated/α-hetero) is 1. The molecule has 22 heavy (non-hydrogen) atoms. The molecule has 1 aromatic carbocycles. The number of aliphatic hydroxyl groups is 1. The van der Waals surface area contributed by atoms with Crippen molar-refractivity contribution in [1.29, 1.82) is 0 Å². The quantitative estimate of drug-likeness (QED) is 0.913. The van der Waals surface area contributed by atoms with E-state index in [-0.39, 0.29) is 11.7 Å². The van der Waals surface area contributed by atoms with Crippen molar-refractivity contribution in [1.82, 2.24) is 4.90 Å². The van der Waals surface area contributed by atoms with Gasteiger partial charge in [0.2, 0.25) is 0 Å². The second-order valence-electron chi connectivity index (χ2n) is 6.52. The smallest absolute Gasteiger partial charge is 0.253 e. The van der Waals surface area contributed by atoms with Crippen molar-refractivity contribution >= 4 is 11.7 Å². The van der Waals surface area contributed by atoms with E-state index in [1.807, 2.05) is 17.9 Å². The molecule has 1 fully saturated rings. The Balaban J connectivity index is 1.75. The zero-order chi connectivity index (χ0) is 15.7. The van der Waals surface area contributed by atoms with Gasteiger partial charge in [0.15, 0.2) is 5.78 Å². The summed E-state index contributed by atoms with van der Waals surface area (Å²) in [5.41, 5.74) is 1.83. The first-order chi connectivity index (χ1) is 10.5. The molecule has 1 N–H and O–H groups in total. The van der Waals surface area contributed by atoms with E-state index in [9.17, 15) is 14.7 Å². The molecule has 0 unspecified atom stereocenters. The zero-order valence-corrected chi connectivity index (χ0v) is 13.1. The maximum atomic E-state index is 12.6. The standard InChI is InChI=1S/C18H23NO3/c1-2-18(22)8-10-19(11-9-18)17(21)14-6-7-15-13(12-14)4-3-5-16(15)20/h6-7,12,22H,2-5,8-11H2,1H3. The topological polar surface area (TPSA) is 57.6 Å². The first-order valence-electron chi connectivity index (χ1n) is 8.20. The highest BCUT2D eigenvalue weighted by Gasteiger charge is 2.32. The molecule has 0 aromatic heterocycles. The monoisotopic (exact) mass is 301 g/mol. The van der Waals surface area contributed by atoms with Crippen molar-refractivity contribution in [2.75, 3.05) is 13.1 Å². The van der Waals surface area contributed by atoms with E-state index in [0.717, 1.165) is 30.4 Å². The fraction of sp³-hybridized carbons (Fsp3) is 0.556. The zero-order valence-electron chi connectivity index (χ0n) is 13.1. The molecule has 2 aliphatic rings. The molecule has 1 aliphatic heterocycles. The number of ketones is 1. The van der Waals surface area contributed by atoms with Crippen LogP contribution < -0.4 is 0 Å². The molecule has 1 amide bonds. The van der Waals surface area contributed by atoms with Gasteiger partial charge in [-0.05, 0) is 49.8 Å². The minimum Gasteiger partial charge on any atom is -0.390 e. The van der Waals surface area contributed by atoms with Crippen LogP contribution in [0.25, 0.3) is 0 Å². The van der Waals surface area contributed by atoms with Crippen molar-refractivity contribution in [2.24, 2.45) is 0 Å². The number of nitrogens with zero attached hydrogens (tertiary/aromatic N) is 1. The molecular formula is C18H23NO3. The van der Waals surface area contributed by atoms with Gasteiger partial charge in [0, 0.05) is 30.6 Å². The minimum atomic E-state index is -0.612. The summed E-state index contributed by atoms with van der Waals surface area (Å²) in [6.07, 6.45) is 4.36. The molecule has 1 saturated heterocycles. The Morgan fingerprint density at radius 3 is 2.68 bits per heavy atom. The third-order valence-electron chi connectivity index (χ3n) is 5.14.